The Bertz CT molecular complexity index is 830. The Hall–Kier alpha value is -2.11. The van der Waals surface area contributed by atoms with Crippen LogP contribution in [-0.4, -0.2) is 49.8 Å². The van der Waals surface area contributed by atoms with Gasteiger partial charge >= 0.3 is 0 Å². The van der Waals surface area contributed by atoms with Crippen molar-refractivity contribution in [2.24, 2.45) is 11.7 Å². The number of methoxy groups -OCH3 is 1. The molecule has 0 unspecified atom stereocenters. The van der Waals surface area contributed by atoms with E-state index in [4.69, 9.17) is 15.2 Å². The molecule has 0 aromatic heterocycles. The zero-order valence-electron chi connectivity index (χ0n) is 16.6. The number of nitrogens with zero attached hydrogens (tertiary/aromatic N) is 1. The van der Waals surface area contributed by atoms with Gasteiger partial charge in [0.15, 0.2) is 0 Å². The van der Waals surface area contributed by atoms with E-state index >= 15 is 0 Å². The van der Waals surface area contributed by atoms with Crippen LogP contribution >= 0.6 is 0 Å². The summed E-state index contributed by atoms with van der Waals surface area (Å²) in [5, 5.41) is 2.23. The maximum Gasteiger partial charge on any atom is 0.227 e. The minimum absolute atomic E-state index is 0.204. The molecule has 0 spiro atoms. The maximum atomic E-state index is 12.9. The fraction of sp³-hybridized carbons (Fsp3) is 0.522. The molecule has 0 saturated carbocycles. The number of amides is 1. The average molecular weight is 383 g/mol. The first-order valence-electron chi connectivity index (χ1n) is 10.3. The van der Waals surface area contributed by atoms with Gasteiger partial charge in [0, 0.05) is 25.7 Å². The molecule has 1 amide bonds. The second kappa shape index (κ2) is 8.50. The van der Waals surface area contributed by atoms with Gasteiger partial charge in [-0.1, -0.05) is 24.3 Å². The Morgan fingerprint density at radius 1 is 1.21 bits per heavy atom. The molecular formula is C23H30N2O3. The van der Waals surface area contributed by atoms with Crippen LogP contribution in [0.4, 0.5) is 0 Å². The van der Waals surface area contributed by atoms with E-state index < -0.39 is 0 Å². The number of ether oxygens (including phenoxy) is 2. The third kappa shape index (κ3) is 4.15. The van der Waals surface area contributed by atoms with E-state index in [-0.39, 0.29) is 18.1 Å². The number of likely N-dealkylation sites (tertiary alicyclic amines) is 1. The van der Waals surface area contributed by atoms with Crippen LogP contribution < -0.4 is 10.5 Å². The van der Waals surface area contributed by atoms with Crippen molar-refractivity contribution in [1.29, 1.82) is 0 Å². The fourth-order valence-corrected chi connectivity index (χ4v) is 4.58. The normalized spacial score (nSPS) is 23.7. The summed E-state index contributed by atoms with van der Waals surface area (Å²) in [6, 6.07) is 12.4. The number of hydrogen-bond donors (Lipinski definition) is 1. The summed E-state index contributed by atoms with van der Waals surface area (Å²) >= 11 is 0. The van der Waals surface area contributed by atoms with Gasteiger partial charge in [-0.05, 0) is 60.1 Å². The zero-order chi connectivity index (χ0) is 19.5. The largest absolute Gasteiger partial charge is 0.497 e. The van der Waals surface area contributed by atoms with Gasteiger partial charge in [-0.3, -0.25) is 4.79 Å². The number of piperidine rings is 1. The lowest BCUT2D eigenvalue weighted by molar-refractivity contribution is -0.133. The smallest absolute Gasteiger partial charge is 0.227 e. The van der Waals surface area contributed by atoms with Crippen LogP contribution in [0.1, 0.15) is 31.2 Å². The molecule has 2 heterocycles. The summed E-state index contributed by atoms with van der Waals surface area (Å²) in [5.74, 6) is 1.55. The third-order valence-electron chi connectivity index (χ3n) is 6.30. The summed E-state index contributed by atoms with van der Waals surface area (Å²) in [6.45, 7) is 2.40. The first-order valence-corrected chi connectivity index (χ1v) is 10.3. The van der Waals surface area contributed by atoms with E-state index in [1.54, 1.807) is 7.11 Å². The van der Waals surface area contributed by atoms with Gasteiger partial charge in [0.2, 0.25) is 5.91 Å². The predicted octanol–water partition coefficient (Wildman–Crippen LogP) is 3.14. The highest BCUT2D eigenvalue weighted by Crippen LogP contribution is 2.29. The summed E-state index contributed by atoms with van der Waals surface area (Å²) in [4.78, 5) is 15.0. The predicted molar refractivity (Wildman–Crippen MR) is 110 cm³/mol. The van der Waals surface area contributed by atoms with E-state index in [0.717, 1.165) is 67.5 Å². The molecule has 0 bridgehead atoms. The molecule has 2 aliphatic heterocycles. The Balaban J connectivity index is 1.39. The Labute approximate surface area is 166 Å². The van der Waals surface area contributed by atoms with Crippen molar-refractivity contribution in [3.63, 3.8) is 0 Å². The van der Waals surface area contributed by atoms with Crippen LogP contribution in [0.2, 0.25) is 0 Å². The maximum absolute atomic E-state index is 12.9. The molecule has 0 aliphatic carbocycles. The lowest BCUT2D eigenvalue weighted by Gasteiger charge is -2.38. The molecule has 4 rings (SSSR count). The number of rotatable bonds is 4. The van der Waals surface area contributed by atoms with E-state index in [0.29, 0.717) is 12.3 Å². The van der Waals surface area contributed by atoms with Crippen molar-refractivity contribution in [3.05, 3.63) is 42.0 Å². The highest BCUT2D eigenvalue weighted by molar-refractivity contribution is 5.91. The highest BCUT2D eigenvalue weighted by atomic mass is 16.5. The first kappa shape index (κ1) is 19.2. The van der Waals surface area contributed by atoms with E-state index in [2.05, 4.69) is 6.07 Å². The summed E-state index contributed by atoms with van der Waals surface area (Å²) in [5.41, 5.74) is 7.17. The van der Waals surface area contributed by atoms with Crippen LogP contribution in [-0.2, 0) is 16.0 Å². The number of benzene rings is 2. The lowest BCUT2D eigenvalue weighted by atomic mass is 9.86. The minimum atomic E-state index is 0.204. The van der Waals surface area contributed by atoms with Crippen LogP contribution in [0.5, 0.6) is 5.75 Å². The number of nitrogens with two attached hydrogens (primary N) is 1. The van der Waals surface area contributed by atoms with E-state index in [9.17, 15) is 4.79 Å². The highest BCUT2D eigenvalue weighted by Gasteiger charge is 2.32. The van der Waals surface area contributed by atoms with Crippen molar-refractivity contribution in [2.75, 3.05) is 26.8 Å². The van der Waals surface area contributed by atoms with Gasteiger partial charge in [-0.15, -0.1) is 0 Å². The van der Waals surface area contributed by atoms with Crippen LogP contribution in [0, 0.1) is 5.92 Å². The number of carbonyl (C=O) groups excluding carboxylic acids is 1. The zero-order valence-corrected chi connectivity index (χ0v) is 16.6. The van der Waals surface area contributed by atoms with E-state index in [1.165, 1.54) is 0 Å². The molecule has 5 heteroatoms. The molecule has 150 valence electrons. The van der Waals surface area contributed by atoms with Gasteiger partial charge in [0.05, 0.1) is 19.6 Å². The number of fused-ring (bicyclic) bond motifs is 1. The molecule has 2 aromatic rings. The molecule has 2 saturated heterocycles. The molecule has 2 fully saturated rings. The molecule has 2 atom stereocenters. The summed E-state index contributed by atoms with van der Waals surface area (Å²) in [7, 11) is 1.67. The quantitative estimate of drug-likeness (QED) is 0.882. The van der Waals surface area contributed by atoms with Crippen molar-refractivity contribution in [3.8, 4) is 5.75 Å². The van der Waals surface area contributed by atoms with Gasteiger partial charge in [-0.2, -0.15) is 0 Å². The van der Waals surface area contributed by atoms with Crippen molar-refractivity contribution < 1.29 is 14.3 Å². The van der Waals surface area contributed by atoms with Gasteiger partial charge in [-0.25, -0.2) is 0 Å². The molecule has 2 aliphatic rings. The first-order chi connectivity index (χ1) is 13.6. The summed E-state index contributed by atoms with van der Waals surface area (Å²) < 4.78 is 11.3. The van der Waals surface area contributed by atoms with Gasteiger partial charge in [0.1, 0.15) is 5.75 Å². The molecular weight excluding hydrogens is 352 g/mol. The van der Waals surface area contributed by atoms with Crippen molar-refractivity contribution >= 4 is 16.7 Å². The lowest BCUT2D eigenvalue weighted by Crippen LogP contribution is -2.45. The Kier molecular flexibility index (Phi) is 5.83. The van der Waals surface area contributed by atoms with Gasteiger partial charge in [0.25, 0.3) is 0 Å². The Morgan fingerprint density at radius 2 is 2.04 bits per heavy atom. The average Bonchev–Trinajstić information content (AvgIpc) is 2.74. The second-order valence-electron chi connectivity index (χ2n) is 8.09. The minimum Gasteiger partial charge on any atom is -0.497 e. The van der Waals surface area contributed by atoms with E-state index in [1.807, 2.05) is 35.2 Å². The third-order valence-corrected chi connectivity index (χ3v) is 6.30. The van der Waals surface area contributed by atoms with Crippen LogP contribution in [0.25, 0.3) is 10.8 Å². The monoisotopic (exact) mass is 382 g/mol. The fourth-order valence-electron chi connectivity index (χ4n) is 4.58. The number of hydrogen-bond acceptors (Lipinski definition) is 4. The van der Waals surface area contributed by atoms with Crippen LogP contribution in [0.3, 0.4) is 0 Å². The summed E-state index contributed by atoms with van der Waals surface area (Å²) in [6.07, 6.45) is 4.63. The molecule has 2 aromatic carbocycles. The molecule has 28 heavy (non-hydrogen) atoms. The molecule has 2 N–H and O–H groups in total. The topological polar surface area (TPSA) is 64.8 Å². The Morgan fingerprint density at radius 3 is 2.79 bits per heavy atom. The molecule has 0 radical (unpaired) electrons. The number of carbonyl (C=O) groups is 1. The standard InChI is InChI=1S/C23H30N2O3/c1-27-20-6-5-16-3-2-4-18(21(16)15-20)13-23(26)25-10-7-17(8-11-25)22-14-19(24)9-12-28-22/h2-6,15,17,19,22H,7-14,24H2,1H3/t19-,22-/m0/s1. The molecule has 5 nitrogen and oxygen atoms in total. The second-order valence-corrected chi connectivity index (χ2v) is 8.09. The van der Waals surface area contributed by atoms with Crippen molar-refractivity contribution in [1.82, 2.24) is 4.90 Å². The van der Waals surface area contributed by atoms with Crippen LogP contribution in [0.15, 0.2) is 36.4 Å². The van der Waals surface area contributed by atoms with Gasteiger partial charge < -0.3 is 20.1 Å². The SMILES string of the molecule is COc1ccc2cccc(CC(=O)N3CCC([C@@H]4C[C@@H](N)CCO4)CC3)c2c1. The van der Waals surface area contributed by atoms with Crippen molar-refractivity contribution in [2.45, 2.75) is 44.2 Å².